The Morgan fingerprint density at radius 1 is 1.33 bits per heavy atom. The van der Waals surface area contributed by atoms with Crippen LogP contribution in [0.1, 0.15) is 10.4 Å². The first-order valence-corrected chi connectivity index (χ1v) is 7.09. The molecule has 2 aliphatic heterocycles. The lowest BCUT2D eigenvalue weighted by Crippen LogP contribution is -2.35. The van der Waals surface area contributed by atoms with Crippen LogP contribution < -0.4 is 10.6 Å². The molecule has 1 fully saturated rings. The zero-order chi connectivity index (χ0) is 12.4. The Labute approximate surface area is 110 Å². The van der Waals surface area contributed by atoms with Gasteiger partial charge in [0, 0.05) is 30.3 Å². The van der Waals surface area contributed by atoms with Gasteiger partial charge < -0.3 is 10.6 Å². The quantitative estimate of drug-likeness (QED) is 0.796. The highest BCUT2D eigenvalue weighted by atomic mass is 32.2. The Morgan fingerprint density at radius 2 is 2.17 bits per heavy atom. The first-order chi connectivity index (χ1) is 8.83. The van der Waals surface area contributed by atoms with Gasteiger partial charge in [-0.1, -0.05) is 30.0 Å². The minimum Gasteiger partial charge on any atom is -0.314 e. The number of hydrogen-bond donors (Lipinski definition) is 2. The number of nitrogens with one attached hydrogen (secondary N) is 2. The maximum absolute atomic E-state index is 12.0. The lowest BCUT2D eigenvalue weighted by atomic mass is 10.1. The number of amides is 1. The van der Waals surface area contributed by atoms with E-state index in [9.17, 15) is 4.79 Å². The van der Waals surface area contributed by atoms with Crippen molar-refractivity contribution in [2.24, 2.45) is 10.9 Å². The van der Waals surface area contributed by atoms with Crippen LogP contribution in [0.15, 0.2) is 35.3 Å². The van der Waals surface area contributed by atoms with E-state index in [0.29, 0.717) is 17.5 Å². The molecule has 2 unspecified atom stereocenters. The molecule has 0 aromatic heterocycles. The number of rotatable bonds is 1. The summed E-state index contributed by atoms with van der Waals surface area (Å²) >= 11 is 1.64. The largest absolute Gasteiger partial charge is 0.314 e. The molecule has 0 aliphatic carbocycles. The summed E-state index contributed by atoms with van der Waals surface area (Å²) in [6, 6.07) is 9.58. The van der Waals surface area contributed by atoms with Crippen molar-refractivity contribution in [3.63, 3.8) is 0 Å². The molecule has 1 aromatic carbocycles. The van der Waals surface area contributed by atoms with Crippen molar-refractivity contribution in [1.29, 1.82) is 0 Å². The molecule has 0 saturated carbocycles. The summed E-state index contributed by atoms with van der Waals surface area (Å²) in [6.07, 6.45) is 0. The topological polar surface area (TPSA) is 53.5 Å². The molecule has 18 heavy (non-hydrogen) atoms. The summed E-state index contributed by atoms with van der Waals surface area (Å²) in [6.45, 7) is 1.97. The molecule has 2 atom stereocenters. The molecule has 0 spiro atoms. The molecule has 2 heterocycles. The van der Waals surface area contributed by atoms with E-state index in [1.165, 1.54) is 0 Å². The van der Waals surface area contributed by atoms with Crippen molar-refractivity contribution >= 4 is 22.8 Å². The van der Waals surface area contributed by atoms with Gasteiger partial charge in [0.25, 0.3) is 5.91 Å². The summed E-state index contributed by atoms with van der Waals surface area (Å²) in [5.41, 5.74) is 0.674. The molecule has 0 radical (unpaired) electrons. The highest BCUT2D eigenvalue weighted by Gasteiger charge is 2.31. The average Bonchev–Trinajstić information content (AvgIpc) is 2.87. The minimum atomic E-state index is -0.0775. The van der Waals surface area contributed by atoms with Crippen molar-refractivity contribution in [2.75, 3.05) is 18.8 Å². The van der Waals surface area contributed by atoms with Crippen LogP contribution in [0.4, 0.5) is 0 Å². The number of amidine groups is 1. The second-order valence-electron chi connectivity index (χ2n) is 4.55. The minimum absolute atomic E-state index is 0.0775. The van der Waals surface area contributed by atoms with Crippen LogP contribution >= 0.6 is 11.8 Å². The van der Waals surface area contributed by atoms with Gasteiger partial charge in [0.2, 0.25) is 0 Å². The molecule has 94 valence electrons. The zero-order valence-corrected chi connectivity index (χ0v) is 10.7. The van der Waals surface area contributed by atoms with Crippen molar-refractivity contribution in [3.8, 4) is 0 Å². The highest BCUT2D eigenvalue weighted by Crippen LogP contribution is 2.24. The van der Waals surface area contributed by atoms with Crippen LogP contribution in [-0.2, 0) is 0 Å². The molecule has 2 N–H and O–H groups in total. The van der Waals surface area contributed by atoms with Gasteiger partial charge in [0.05, 0.1) is 6.04 Å². The van der Waals surface area contributed by atoms with Crippen LogP contribution in [0.3, 0.4) is 0 Å². The van der Waals surface area contributed by atoms with Crippen molar-refractivity contribution in [1.82, 2.24) is 10.6 Å². The maximum atomic E-state index is 12.0. The smallest absolute Gasteiger partial charge is 0.257 e. The van der Waals surface area contributed by atoms with Crippen molar-refractivity contribution in [3.05, 3.63) is 35.9 Å². The predicted octanol–water partition coefficient (Wildman–Crippen LogP) is 1.11. The van der Waals surface area contributed by atoms with Gasteiger partial charge in [-0.25, -0.2) is 0 Å². The Kier molecular flexibility index (Phi) is 3.34. The summed E-state index contributed by atoms with van der Waals surface area (Å²) in [7, 11) is 0. The molecule has 1 aromatic rings. The summed E-state index contributed by atoms with van der Waals surface area (Å²) in [4.78, 5) is 16.6. The average molecular weight is 261 g/mol. The molecule has 0 bridgehead atoms. The second kappa shape index (κ2) is 5.12. The highest BCUT2D eigenvalue weighted by molar-refractivity contribution is 8.13. The van der Waals surface area contributed by atoms with E-state index < -0.39 is 0 Å². The van der Waals surface area contributed by atoms with Gasteiger partial charge >= 0.3 is 0 Å². The fraction of sp³-hybridized carbons (Fsp3) is 0.385. The van der Waals surface area contributed by atoms with Gasteiger partial charge in [0.1, 0.15) is 0 Å². The van der Waals surface area contributed by atoms with Crippen LogP contribution in [0.2, 0.25) is 0 Å². The van der Waals surface area contributed by atoms with Crippen molar-refractivity contribution < 1.29 is 4.79 Å². The third-order valence-electron chi connectivity index (χ3n) is 3.28. The van der Waals surface area contributed by atoms with Gasteiger partial charge in [-0.3, -0.25) is 9.79 Å². The number of nitrogens with zero attached hydrogens (tertiary/aromatic N) is 1. The SMILES string of the molecule is O=C(NC1=NC2CNCC2CS1)c1ccccc1. The molecule has 2 aliphatic rings. The van der Waals surface area contributed by atoms with Gasteiger partial charge in [-0.2, -0.15) is 0 Å². The fourth-order valence-corrected chi connectivity index (χ4v) is 3.33. The molecule has 1 saturated heterocycles. The van der Waals surface area contributed by atoms with E-state index in [1.54, 1.807) is 11.8 Å². The first-order valence-electron chi connectivity index (χ1n) is 6.10. The van der Waals surface area contributed by atoms with E-state index in [2.05, 4.69) is 15.6 Å². The Morgan fingerprint density at radius 3 is 3.00 bits per heavy atom. The molecule has 4 nitrogen and oxygen atoms in total. The standard InChI is InChI=1S/C13H15N3OS/c17-12(9-4-2-1-3-5-9)16-13-15-11-7-14-6-10(11)8-18-13/h1-5,10-11,14H,6-8H2,(H,15,16,17). The number of benzene rings is 1. The Balaban J connectivity index is 1.68. The molecule has 5 heteroatoms. The molecular weight excluding hydrogens is 246 g/mol. The van der Waals surface area contributed by atoms with Gasteiger partial charge in [-0.15, -0.1) is 0 Å². The van der Waals surface area contributed by atoms with E-state index >= 15 is 0 Å². The number of thioether (sulfide) groups is 1. The third kappa shape index (κ3) is 2.42. The number of carbonyl (C=O) groups is 1. The molecule has 1 amide bonds. The maximum Gasteiger partial charge on any atom is 0.257 e. The normalized spacial score (nSPS) is 26.3. The predicted molar refractivity (Wildman–Crippen MR) is 73.9 cm³/mol. The van der Waals surface area contributed by atoms with Crippen LogP contribution in [0.5, 0.6) is 0 Å². The lowest BCUT2D eigenvalue weighted by molar-refractivity contribution is 0.0977. The summed E-state index contributed by atoms with van der Waals surface area (Å²) < 4.78 is 0. The molecule has 3 rings (SSSR count). The monoisotopic (exact) mass is 261 g/mol. The number of carbonyl (C=O) groups excluding carboxylic acids is 1. The Bertz CT molecular complexity index is 474. The zero-order valence-electron chi connectivity index (χ0n) is 9.93. The van der Waals surface area contributed by atoms with Crippen molar-refractivity contribution in [2.45, 2.75) is 6.04 Å². The Hall–Kier alpha value is -1.33. The van der Waals surface area contributed by atoms with Crippen LogP contribution in [0.25, 0.3) is 0 Å². The first kappa shape index (κ1) is 11.7. The summed E-state index contributed by atoms with van der Waals surface area (Å²) in [5.74, 6) is 1.57. The lowest BCUT2D eigenvalue weighted by Gasteiger charge is -2.22. The fourth-order valence-electron chi connectivity index (χ4n) is 2.24. The van der Waals surface area contributed by atoms with Crippen LogP contribution in [-0.4, -0.2) is 36.0 Å². The van der Waals surface area contributed by atoms with Crippen LogP contribution in [0, 0.1) is 5.92 Å². The number of fused-ring (bicyclic) bond motifs is 1. The van der Waals surface area contributed by atoms with E-state index in [1.807, 2.05) is 30.3 Å². The van der Waals surface area contributed by atoms with Gasteiger partial charge in [-0.05, 0) is 12.1 Å². The van der Waals surface area contributed by atoms with E-state index in [0.717, 1.165) is 24.0 Å². The molecular formula is C13H15N3OS. The summed E-state index contributed by atoms with van der Waals surface area (Å²) in [5, 5.41) is 6.99. The number of aliphatic imine (C=N–C) groups is 1. The second-order valence-corrected chi connectivity index (χ2v) is 5.56. The van der Waals surface area contributed by atoms with Gasteiger partial charge in [0.15, 0.2) is 5.17 Å². The van der Waals surface area contributed by atoms with E-state index in [-0.39, 0.29) is 5.91 Å². The third-order valence-corrected chi connectivity index (χ3v) is 4.35. The van der Waals surface area contributed by atoms with E-state index in [4.69, 9.17) is 0 Å². The number of hydrogen-bond acceptors (Lipinski definition) is 4.